The Labute approximate surface area is 334 Å². The van der Waals surface area contributed by atoms with Crippen molar-refractivity contribution in [2.75, 3.05) is 36.5 Å². The van der Waals surface area contributed by atoms with Gasteiger partial charge in [0.1, 0.15) is 5.69 Å². The predicted octanol–water partition coefficient (Wildman–Crippen LogP) is 10.6. The van der Waals surface area contributed by atoms with Gasteiger partial charge in [-0.2, -0.15) is 0 Å². The van der Waals surface area contributed by atoms with E-state index in [-0.39, 0.29) is 24.1 Å². The monoisotopic (exact) mass is 792 g/mol. The molecule has 0 aliphatic carbocycles. The zero-order valence-corrected chi connectivity index (χ0v) is 32.5. The van der Waals surface area contributed by atoms with Crippen LogP contribution in [0.4, 0.5) is 16.3 Å². The van der Waals surface area contributed by atoms with E-state index in [0.717, 1.165) is 58.2 Å². The molecule has 2 aromatic heterocycles. The summed E-state index contributed by atoms with van der Waals surface area (Å²) in [6.45, 7) is 13.1. The van der Waals surface area contributed by atoms with Crippen molar-refractivity contribution in [3.8, 4) is 0 Å². The summed E-state index contributed by atoms with van der Waals surface area (Å²) in [4.78, 5) is 41.5. The third-order valence-electron chi connectivity index (χ3n) is 10.6. The molecule has 280 valence electrons. The summed E-state index contributed by atoms with van der Waals surface area (Å²) in [7, 11) is 0. The third-order valence-corrected chi connectivity index (χ3v) is 11.3. The molecule has 1 unspecified atom stereocenters. The van der Waals surface area contributed by atoms with Crippen molar-refractivity contribution < 1.29 is 14.3 Å². The molecule has 2 fully saturated rings. The van der Waals surface area contributed by atoms with Crippen LogP contribution in [0, 0.1) is 0 Å². The molecule has 1 atom stereocenters. The quantitative estimate of drug-likeness (QED) is 0.163. The maximum Gasteiger partial charge on any atom is 0.410 e. The second-order valence-electron chi connectivity index (χ2n) is 14.1. The molecule has 5 aromatic rings. The third kappa shape index (κ3) is 6.86. The number of allylic oxidation sites excluding steroid dienone is 2. The lowest BCUT2D eigenvalue weighted by atomic mass is 9.83. The molecule has 0 saturated carbocycles. The average molecular weight is 794 g/mol. The summed E-state index contributed by atoms with van der Waals surface area (Å²) in [6, 6.07) is 23.0. The number of carbonyl (C=O) groups is 2. The number of carbonyl (C=O) groups excluding carboxylic acids is 2. The number of hydrogen-bond acceptors (Lipinski definition) is 6. The molecule has 2 amide bonds. The number of amides is 2. The predicted molar refractivity (Wildman–Crippen MR) is 222 cm³/mol. The molecule has 0 bridgehead atoms. The number of aromatic amines is 1. The van der Waals surface area contributed by atoms with Crippen LogP contribution < -0.4 is 10.2 Å². The molecule has 9 nitrogen and oxygen atoms in total. The number of nitrogens with one attached hydrogen (secondary N) is 2. The van der Waals surface area contributed by atoms with Gasteiger partial charge in [-0.05, 0) is 85.0 Å². The first-order chi connectivity index (χ1) is 26.6. The summed E-state index contributed by atoms with van der Waals surface area (Å²) in [5.41, 5.74) is 7.45. The van der Waals surface area contributed by atoms with Crippen LogP contribution in [0.1, 0.15) is 65.0 Å². The van der Waals surface area contributed by atoms with Gasteiger partial charge in [-0.1, -0.05) is 90.4 Å². The van der Waals surface area contributed by atoms with Crippen molar-refractivity contribution in [3.05, 3.63) is 147 Å². The number of ether oxygens (including phenoxy) is 1. The number of aromatic nitrogens is 2. The number of pyridine rings is 1. The molecule has 8 rings (SSSR count). The number of halogens is 3. The Morgan fingerprint density at radius 3 is 2.42 bits per heavy atom. The van der Waals surface area contributed by atoms with Crippen LogP contribution in [0.3, 0.4) is 0 Å². The molecule has 3 aromatic carbocycles. The Hall–Kier alpha value is -5.22. The van der Waals surface area contributed by atoms with E-state index in [0.29, 0.717) is 69.6 Å². The zero-order valence-electron chi connectivity index (χ0n) is 30.2. The van der Waals surface area contributed by atoms with Crippen molar-refractivity contribution in [3.63, 3.8) is 0 Å². The molecule has 12 heteroatoms. The fraction of sp³-hybridized carbons (Fsp3) is 0.233. The molecule has 0 spiro atoms. The van der Waals surface area contributed by atoms with Gasteiger partial charge in [-0.15, -0.1) is 0 Å². The van der Waals surface area contributed by atoms with Gasteiger partial charge in [0, 0.05) is 64.0 Å². The van der Waals surface area contributed by atoms with Gasteiger partial charge in [-0.3, -0.25) is 4.79 Å². The molecule has 55 heavy (non-hydrogen) atoms. The number of rotatable bonds is 8. The SMILES string of the molecule is C=CN1C(=C(C(=C)C)c2ccccc2)c2c(C(=O)Nc3cc(Cl)cnc3N3CCC(N4CCCOC4=O)CC3)[nH]c3cc(Cl)cc(c23)C1c1ccc(Cl)cc1. The van der Waals surface area contributed by atoms with Gasteiger partial charge in [-0.25, -0.2) is 9.78 Å². The van der Waals surface area contributed by atoms with Crippen molar-refractivity contribution in [1.82, 2.24) is 19.8 Å². The van der Waals surface area contributed by atoms with Gasteiger partial charge in [0.2, 0.25) is 0 Å². The van der Waals surface area contributed by atoms with Gasteiger partial charge >= 0.3 is 6.09 Å². The number of anilines is 2. The Morgan fingerprint density at radius 2 is 1.73 bits per heavy atom. The van der Waals surface area contributed by atoms with Gasteiger partial charge in [0.15, 0.2) is 5.82 Å². The first-order valence-corrected chi connectivity index (χ1v) is 19.4. The Morgan fingerprint density at radius 1 is 0.982 bits per heavy atom. The molecule has 2 saturated heterocycles. The average Bonchev–Trinajstić information content (AvgIpc) is 3.56. The number of cyclic esters (lactones) is 1. The highest BCUT2D eigenvalue weighted by Gasteiger charge is 2.39. The minimum absolute atomic E-state index is 0.0803. The molecule has 3 aliphatic heterocycles. The van der Waals surface area contributed by atoms with E-state index in [4.69, 9.17) is 44.5 Å². The first-order valence-electron chi connectivity index (χ1n) is 18.3. The van der Waals surface area contributed by atoms with E-state index in [1.54, 1.807) is 18.5 Å². The van der Waals surface area contributed by atoms with Crippen molar-refractivity contribution in [1.29, 1.82) is 0 Å². The largest absolute Gasteiger partial charge is 0.449 e. The fourth-order valence-corrected chi connectivity index (χ4v) is 8.75. The number of piperidine rings is 1. The summed E-state index contributed by atoms with van der Waals surface area (Å²) >= 11 is 19.7. The summed E-state index contributed by atoms with van der Waals surface area (Å²) in [5.74, 6) is 0.217. The lowest BCUT2D eigenvalue weighted by molar-refractivity contribution is 0.0499. The lowest BCUT2D eigenvalue weighted by Crippen LogP contribution is -2.50. The maximum atomic E-state index is 14.9. The van der Waals surface area contributed by atoms with E-state index >= 15 is 0 Å². The van der Waals surface area contributed by atoms with Crippen molar-refractivity contribution in [2.45, 2.75) is 38.3 Å². The fourth-order valence-electron chi connectivity index (χ4n) is 8.23. The topological polar surface area (TPSA) is 93.8 Å². The van der Waals surface area contributed by atoms with Crippen LogP contribution in [-0.2, 0) is 4.74 Å². The smallest absolute Gasteiger partial charge is 0.410 e. The first kappa shape index (κ1) is 36.7. The zero-order chi connectivity index (χ0) is 38.4. The summed E-state index contributed by atoms with van der Waals surface area (Å²) in [5, 5.41) is 5.55. The number of hydrogen-bond donors (Lipinski definition) is 2. The van der Waals surface area contributed by atoms with E-state index < -0.39 is 0 Å². The standard InChI is InChI=1S/C43H39Cl3N6O3/c1-4-51-39(27-11-13-28(44)14-12-27)32-21-29(45)22-33-36(32)37(40(51)35(25(2)3)26-9-6-5-7-10-26)38(48-33)42(53)49-34-23-30(46)24-47-41(34)50-18-15-31(16-19-50)52-17-8-20-55-43(52)54/h4-7,9-14,21-24,31,39,48H,1-2,8,15-20H2,3H3,(H,49,53). The van der Waals surface area contributed by atoms with Gasteiger partial charge in [0.05, 0.1) is 29.1 Å². The lowest BCUT2D eigenvalue weighted by Gasteiger charge is -2.40. The van der Waals surface area contributed by atoms with Crippen LogP contribution in [0.15, 0.2) is 104 Å². The Balaban J connectivity index is 1.25. The highest BCUT2D eigenvalue weighted by molar-refractivity contribution is 6.32. The minimum atomic E-state index is -0.384. The molecule has 2 N–H and O–H groups in total. The van der Waals surface area contributed by atoms with Crippen LogP contribution in [0.25, 0.3) is 22.2 Å². The van der Waals surface area contributed by atoms with E-state index in [1.165, 1.54) is 0 Å². The van der Waals surface area contributed by atoms with E-state index in [1.807, 2.05) is 78.6 Å². The van der Waals surface area contributed by atoms with Crippen LogP contribution >= 0.6 is 34.8 Å². The van der Waals surface area contributed by atoms with Crippen LogP contribution in [0.5, 0.6) is 0 Å². The normalized spacial score (nSPS) is 18.3. The summed E-state index contributed by atoms with van der Waals surface area (Å²) < 4.78 is 5.31. The maximum absolute atomic E-state index is 14.9. The second kappa shape index (κ2) is 15.1. The molecular formula is C43H39Cl3N6O3. The van der Waals surface area contributed by atoms with Crippen LogP contribution in [-0.4, -0.2) is 64.1 Å². The number of benzene rings is 3. The van der Waals surface area contributed by atoms with Gasteiger partial charge in [0.25, 0.3) is 5.91 Å². The minimum Gasteiger partial charge on any atom is -0.449 e. The molecule has 5 heterocycles. The highest BCUT2D eigenvalue weighted by atomic mass is 35.5. The Kier molecular flexibility index (Phi) is 10.1. The summed E-state index contributed by atoms with van der Waals surface area (Å²) in [6.07, 6.45) is 5.43. The highest BCUT2D eigenvalue weighted by Crippen LogP contribution is 2.51. The van der Waals surface area contributed by atoms with Gasteiger partial charge < -0.3 is 29.7 Å². The Bertz CT molecular complexity index is 2370. The number of nitrogens with zero attached hydrogens (tertiary/aromatic N) is 4. The molecule has 0 radical (unpaired) electrons. The second-order valence-corrected chi connectivity index (χ2v) is 15.4. The van der Waals surface area contributed by atoms with Crippen LogP contribution in [0.2, 0.25) is 15.1 Å². The van der Waals surface area contributed by atoms with E-state index in [9.17, 15) is 9.59 Å². The number of H-pyrrole nitrogens is 1. The molecular weight excluding hydrogens is 755 g/mol. The van der Waals surface area contributed by atoms with E-state index in [2.05, 4.69) is 33.3 Å². The van der Waals surface area contributed by atoms with Crippen molar-refractivity contribution in [2.24, 2.45) is 0 Å². The van der Waals surface area contributed by atoms with Crippen molar-refractivity contribution >= 4 is 80.5 Å². The molecule has 3 aliphatic rings.